The lowest BCUT2D eigenvalue weighted by molar-refractivity contribution is 0.0708. The molecule has 0 aliphatic carbocycles. The van der Waals surface area contributed by atoms with Crippen molar-refractivity contribution < 1.29 is 8.78 Å². The molecule has 0 fully saturated rings. The fraction of sp³-hybridized carbons (Fsp3) is 0.267. The molecule has 8 heteroatoms. The summed E-state index contributed by atoms with van der Waals surface area (Å²) in [5.74, 6) is 0.390. The van der Waals surface area contributed by atoms with Crippen molar-refractivity contribution in [1.82, 2.24) is 19.5 Å². The highest BCUT2D eigenvalue weighted by molar-refractivity contribution is 5.76. The first kappa shape index (κ1) is 15.1. The largest absolute Gasteiger partial charge is 0.346 e. The number of anilines is 1. The summed E-state index contributed by atoms with van der Waals surface area (Å²) in [6.07, 6.45) is 0. The Morgan fingerprint density at radius 2 is 2.00 bits per heavy atom. The van der Waals surface area contributed by atoms with E-state index in [1.54, 1.807) is 38.1 Å². The van der Waals surface area contributed by atoms with Crippen molar-refractivity contribution in [2.24, 2.45) is 0 Å². The lowest BCUT2D eigenvalue weighted by Crippen LogP contribution is -2.18. The summed E-state index contributed by atoms with van der Waals surface area (Å²) in [6.45, 7) is 0.646. The quantitative estimate of drug-likeness (QED) is 0.775. The van der Waals surface area contributed by atoms with Gasteiger partial charge in [0.05, 0.1) is 17.1 Å². The highest BCUT2D eigenvalue weighted by Crippen LogP contribution is 2.27. The molecule has 2 aromatic heterocycles. The predicted molar refractivity (Wildman–Crippen MR) is 82.6 cm³/mol. The van der Waals surface area contributed by atoms with Crippen molar-refractivity contribution in [3.63, 3.8) is 0 Å². The minimum absolute atomic E-state index is 0.172. The number of aromatic nitrogens is 4. The number of hydrogen-bond acceptors (Lipinski definition) is 4. The highest BCUT2D eigenvalue weighted by atomic mass is 19.3. The first-order chi connectivity index (χ1) is 11.0. The van der Waals surface area contributed by atoms with E-state index in [9.17, 15) is 13.6 Å². The number of hydrogen-bond donors (Lipinski definition) is 2. The summed E-state index contributed by atoms with van der Waals surface area (Å²) < 4.78 is 27.8. The first-order valence-electron chi connectivity index (χ1n) is 7.05. The van der Waals surface area contributed by atoms with Crippen LogP contribution in [-0.4, -0.2) is 19.5 Å². The third-order valence-electron chi connectivity index (χ3n) is 3.43. The number of fused-ring (bicyclic) bond motifs is 1. The van der Waals surface area contributed by atoms with E-state index < -0.39 is 12.6 Å². The minimum Gasteiger partial charge on any atom is -0.346 e. The topological polar surface area (TPSA) is 75.6 Å². The summed E-state index contributed by atoms with van der Waals surface area (Å²) in [6, 6.07) is 7.48. The van der Waals surface area contributed by atoms with Gasteiger partial charge in [-0.05, 0) is 26.0 Å². The van der Waals surface area contributed by atoms with Gasteiger partial charge in [0.15, 0.2) is 0 Å². The molecule has 0 spiro atoms. The molecule has 1 atom stereocenters. The lowest BCUT2D eigenvalue weighted by Gasteiger charge is -2.16. The van der Waals surface area contributed by atoms with Crippen LogP contribution in [0.25, 0.3) is 11.0 Å². The molecule has 0 aliphatic rings. The Labute approximate surface area is 130 Å². The van der Waals surface area contributed by atoms with Gasteiger partial charge in [-0.15, -0.1) is 0 Å². The number of imidazole rings is 1. The molecule has 1 aromatic carbocycles. The van der Waals surface area contributed by atoms with Crippen LogP contribution in [0.1, 0.15) is 31.0 Å². The molecule has 3 aromatic rings. The molecule has 3 rings (SSSR count). The summed E-state index contributed by atoms with van der Waals surface area (Å²) in [4.78, 5) is 22.4. The van der Waals surface area contributed by atoms with Gasteiger partial charge < -0.3 is 5.32 Å². The van der Waals surface area contributed by atoms with E-state index in [0.717, 1.165) is 4.57 Å². The molecule has 1 unspecified atom stereocenters. The van der Waals surface area contributed by atoms with Gasteiger partial charge in [0.1, 0.15) is 5.82 Å². The third kappa shape index (κ3) is 2.92. The highest BCUT2D eigenvalue weighted by Gasteiger charge is 2.22. The Balaban J connectivity index is 2.01. The number of alkyl halides is 2. The molecule has 2 heterocycles. The number of para-hydroxylation sites is 2. The molecule has 120 valence electrons. The smallest absolute Gasteiger partial charge is 0.320 e. The normalized spacial score (nSPS) is 12.7. The Morgan fingerprint density at radius 1 is 1.26 bits per heavy atom. The van der Waals surface area contributed by atoms with Gasteiger partial charge in [0.25, 0.3) is 5.56 Å². The number of rotatable bonds is 4. The molecule has 0 bridgehead atoms. The Kier molecular flexibility index (Phi) is 3.81. The van der Waals surface area contributed by atoms with Crippen LogP contribution >= 0.6 is 0 Å². The maximum Gasteiger partial charge on any atom is 0.320 e. The van der Waals surface area contributed by atoms with Crippen LogP contribution in [-0.2, 0) is 0 Å². The summed E-state index contributed by atoms with van der Waals surface area (Å²) in [5.41, 5.74) is 1.07. The molecule has 0 saturated carbocycles. The van der Waals surface area contributed by atoms with Crippen molar-refractivity contribution >= 4 is 17.0 Å². The fourth-order valence-electron chi connectivity index (χ4n) is 2.49. The minimum atomic E-state index is -2.72. The average Bonchev–Trinajstić information content (AvgIpc) is 2.85. The first-order valence-corrected chi connectivity index (χ1v) is 7.05. The molecular formula is C15H15F2N5O. The number of aryl methyl sites for hydroxylation is 1. The Bertz CT molecular complexity index is 902. The standard InChI is InChI=1S/C15H15F2N5O/c1-8-7-12(23)21-15(18-8)19-9(2)13-20-10-5-3-4-6-11(10)22(13)14(16)17/h3-7,9,14H,1-2H3,(H2,18,19,21,23). The van der Waals surface area contributed by atoms with Crippen LogP contribution in [0.2, 0.25) is 0 Å². The molecule has 23 heavy (non-hydrogen) atoms. The van der Waals surface area contributed by atoms with Gasteiger partial charge in [-0.25, -0.2) is 9.97 Å². The second-order valence-electron chi connectivity index (χ2n) is 5.21. The van der Waals surface area contributed by atoms with E-state index >= 15 is 0 Å². The van der Waals surface area contributed by atoms with Crippen molar-refractivity contribution in [1.29, 1.82) is 0 Å². The zero-order chi connectivity index (χ0) is 16.6. The van der Waals surface area contributed by atoms with E-state index in [4.69, 9.17) is 0 Å². The summed E-state index contributed by atoms with van der Waals surface area (Å²) >= 11 is 0. The third-order valence-corrected chi connectivity index (χ3v) is 3.43. The van der Waals surface area contributed by atoms with Crippen LogP contribution < -0.4 is 10.9 Å². The SMILES string of the molecule is Cc1cc(=O)[nH]c(NC(C)c2nc3ccccc3n2C(F)F)n1. The summed E-state index contributed by atoms with van der Waals surface area (Å²) in [5, 5.41) is 2.91. The van der Waals surface area contributed by atoms with E-state index in [-0.39, 0.29) is 17.3 Å². The zero-order valence-electron chi connectivity index (χ0n) is 12.5. The summed E-state index contributed by atoms with van der Waals surface area (Å²) in [7, 11) is 0. The second kappa shape index (κ2) is 5.79. The molecule has 0 saturated heterocycles. The fourth-order valence-corrected chi connectivity index (χ4v) is 2.49. The number of nitrogens with one attached hydrogen (secondary N) is 2. The molecule has 0 amide bonds. The Hall–Kier alpha value is -2.77. The average molecular weight is 319 g/mol. The van der Waals surface area contributed by atoms with Gasteiger partial charge >= 0.3 is 6.55 Å². The van der Waals surface area contributed by atoms with Crippen molar-refractivity contribution in [2.45, 2.75) is 26.4 Å². The van der Waals surface area contributed by atoms with Crippen LogP contribution in [0.5, 0.6) is 0 Å². The van der Waals surface area contributed by atoms with Gasteiger partial charge in [-0.1, -0.05) is 12.1 Å². The monoisotopic (exact) mass is 319 g/mol. The lowest BCUT2D eigenvalue weighted by atomic mass is 10.3. The van der Waals surface area contributed by atoms with E-state index in [0.29, 0.717) is 16.7 Å². The number of nitrogens with zero attached hydrogens (tertiary/aromatic N) is 3. The number of benzene rings is 1. The van der Waals surface area contributed by atoms with Gasteiger partial charge in [0.2, 0.25) is 5.95 Å². The van der Waals surface area contributed by atoms with E-state index in [1.807, 2.05) is 0 Å². The number of H-pyrrole nitrogens is 1. The van der Waals surface area contributed by atoms with Crippen LogP contribution in [0.4, 0.5) is 14.7 Å². The Morgan fingerprint density at radius 3 is 2.70 bits per heavy atom. The van der Waals surface area contributed by atoms with Crippen LogP contribution in [0, 0.1) is 6.92 Å². The predicted octanol–water partition coefficient (Wildman–Crippen LogP) is 3.00. The molecule has 2 N–H and O–H groups in total. The molecule has 6 nitrogen and oxygen atoms in total. The van der Waals surface area contributed by atoms with Crippen molar-refractivity contribution in [3.8, 4) is 0 Å². The van der Waals surface area contributed by atoms with E-state index in [2.05, 4.69) is 20.3 Å². The van der Waals surface area contributed by atoms with Gasteiger partial charge in [-0.2, -0.15) is 8.78 Å². The van der Waals surface area contributed by atoms with E-state index in [1.165, 1.54) is 6.07 Å². The van der Waals surface area contributed by atoms with Crippen molar-refractivity contribution in [3.05, 3.63) is 52.2 Å². The number of aromatic amines is 1. The van der Waals surface area contributed by atoms with Gasteiger partial charge in [0, 0.05) is 11.8 Å². The molecule has 0 radical (unpaired) electrons. The zero-order valence-corrected chi connectivity index (χ0v) is 12.5. The molecular weight excluding hydrogens is 304 g/mol. The molecule has 0 aliphatic heterocycles. The second-order valence-corrected chi connectivity index (χ2v) is 5.21. The van der Waals surface area contributed by atoms with Crippen LogP contribution in [0.3, 0.4) is 0 Å². The maximum absolute atomic E-state index is 13.4. The maximum atomic E-state index is 13.4. The number of halogens is 2. The van der Waals surface area contributed by atoms with Gasteiger partial charge in [-0.3, -0.25) is 14.3 Å². The van der Waals surface area contributed by atoms with Crippen molar-refractivity contribution in [2.75, 3.05) is 5.32 Å². The van der Waals surface area contributed by atoms with Crippen LogP contribution in [0.15, 0.2) is 35.1 Å².